The Balaban J connectivity index is 1.46. The van der Waals surface area contributed by atoms with Crippen LogP contribution in [0.3, 0.4) is 0 Å². The van der Waals surface area contributed by atoms with E-state index in [4.69, 9.17) is 4.98 Å². The van der Waals surface area contributed by atoms with Crippen molar-refractivity contribution in [3.05, 3.63) is 54.7 Å². The SMILES string of the molecule is CC(C)C(=O)N1CCN(c2ccc(-c3cc(-c4cnn(C)c4)cn4ncc(C#N)c34)cn2)CC1. The van der Waals surface area contributed by atoms with E-state index in [2.05, 4.69) is 27.2 Å². The van der Waals surface area contributed by atoms with E-state index in [0.717, 1.165) is 46.7 Å². The Morgan fingerprint density at radius 2 is 1.79 bits per heavy atom. The number of rotatable bonds is 4. The molecule has 9 heteroatoms. The third-order valence-electron chi connectivity index (χ3n) is 6.24. The zero-order chi connectivity index (χ0) is 23.8. The maximum Gasteiger partial charge on any atom is 0.225 e. The standard InChI is InChI=1S/C25H26N8O/c1-17(2)25(34)32-8-6-31(7-9-32)23-5-4-18(12-27-23)22-10-19(21-14-28-30(3)15-21)16-33-24(22)20(11-26)13-29-33/h4-5,10,12-17H,6-9H2,1-3H3. The minimum atomic E-state index is 0.0186. The van der Waals surface area contributed by atoms with Gasteiger partial charge in [0.25, 0.3) is 0 Å². The highest BCUT2D eigenvalue weighted by molar-refractivity contribution is 5.87. The van der Waals surface area contributed by atoms with Gasteiger partial charge in [-0.25, -0.2) is 9.50 Å². The largest absolute Gasteiger partial charge is 0.353 e. The monoisotopic (exact) mass is 454 g/mol. The fourth-order valence-electron chi connectivity index (χ4n) is 4.41. The highest BCUT2D eigenvalue weighted by atomic mass is 16.2. The normalized spacial score (nSPS) is 14.1. The number of piperazine rings is 1. The molecule has 9 nitrogen and oxygen atoms in total. The Morgan fingerprint density at radius 3 is 2.41 bits per heavy atom. The van der Waals surface area contributed by atoms with Gasteiger partial charge in [-0.15, -0.1) is 0 Å². The van der Waals surface area contributed by atoms with Crippen molar-refractivity contribution in [2.24, 2.45) is 13.0 Å². The Kier molecular flexibility index (Phi) is 5.49. The molecule has 1 aliphatic heterocycles. The van der Waals surface area contributed by atoms with E-state index in [-0.39, 0.29) is 11.8 Å². The summed E-state index contributed by atoms with van der Waals surface area (Å²) < 4.78 is 3.50. The number of nitrogens with zero attached hydrogens (tertiary/aromatic N) is 8. The predicted octanol–water partition coefficient (Wildman–Crippen LogP) is 2.97. The minimum Gasteiger partial charge on any atom is -0.353 e. The van der Waals surface area contributed by atoms with Crippen LogP contribution < -0.4 is 4.90 Å². The second kappa shape index (κ2) is 8.63. The highest BCUT2D eigenvalue weighted by Gasteiger charge is 2.23. The maximum atomic E-state index is 12.3. The number of fused-ring (bicyclic) bond motifs is 1. The molecule has 0 bridgehead atoms. The van der Waals surface area contributed by atoms with Crippen LogP contribution in [0.25, 0.3) is 27.8 Å². The molecule has 5 rings (SSSR count). The van der Waals surface area contributed by atoms with Gasteiger partial charge in [-0.2, -0.15) is 15.5 Å². The molecule has 172 valence electrons. The zero-order valence-corrected chi connectivity index (χ0v) is 19.5. The van der Waals surface area contributed by atoms with Crippen molar-refractivity contribution in [2.75, 3.05) is 31.1 Å². The fraction of sp³-hybridized carbons (Fsp3) is 0.320. The van der Waals surface area contributed by atoms with E-state index in [1.807, 2.05) is 62.7 Å². The lowest BCUT2D eigenvalue weighted by molar-refractivity contribution is -0.134. The molecule has 0 saturated carbocycles. The van der Waals surface area contributed by atoms with Crippen LogP contribution in [0.4, 0.5) is 5.82 Å². The van der Waals surface area contributed by atoms with Crippen LogP contribution in [-0.4, -0.2) is 61.4 Å². The van der Waals surface area contributed by atoms with Crippen LogP contribution in [0.15, 0.2) is 49.2 Å². The van der Waals surface area contributed by atoms with E-state index in [1.165, 1.54) is 0 Å². The summed E-state index contributed by atoms with van der Waals surface area (Å²) in [4.78, 5) is 21.1. The van der Waals surface area contributed by atoms with Gasteiger partial charge < -0.3 is 9.80 Å². The molecule has 0 aliphatic carbocycles. The molecule has 34 heavy (non-hydrogen) atoms. The smallest absolute Gasteiger partial charge is 0.225 e. The van der Waals surface area contributed by atoms with Gasteiger partial charge in [0.15, 0.2) is 0 Å². The number of amides is 1. The van der Waals surface area contributed by atoms with Gasteiger partial charge in [0.1, 0.15) is 11.9 Å². The van der Waals surface area contributed by atoms with E-state index in [1.54, 1.807) is 15.4 Å². The van der Waals surface area contributed by atoms with Gasteiger partial charge in [0, 0.05) is 80.0 Å². The number of carbonyl (C=O) groups excluding carboxylic acids is 1. The average Bonchev–Trinajstić information content (AvgIpc) is 3.49. The summed E-state index contributed by atoms with van der Waals surface area (Å²) >= 11 is 0. The van der Waals surface area contributed by atoms with E-state index >= 15 is 0 Å². The molecule has 5 heterocycles. The molecule has 1 aliphatic rings. The van der Waals surface area contributed by atoms with Crippen molar-refractivity contribution in [3.8, 4) is 28.3 Å². The van der Waals surface area contributed by atoms with Crippen molar-refractivity contribution < 1.29 is 4.79 Å². The van der Waals surface area contributed by atoms with Crippen molar-refractivity contribution in [1.82, 2.24) is 29.3 Å². The number of nitriles is 1. The number of anilines is 1. The summed E-state index contributed by atoms with van der Waals surface area (Å²) in [6, 6.07) is 8.34. The number of carbonyl (C=O) groups is 1. The molecule has 0 spiro atoms. The lowest BCUT2D eigenvalue weighted by Gasteiger charge is -2.36. The van der Waals surface area contributed by atoms with E-state index in [9.17, 15) is 10.1 Å². The van der Waals surface area contributed by atoms with Crippen LogP contribution in [0, 0.1) is 17.2 Å². The van der Waals surface area contributed by atoms with Gasteiger partial charge in [-0.3, -0.25) is 9.48 Å². The number of hydrogen-bond donors (Lipinski definition) is 0. The Bertz CT molecular complexity index is 1380. The molecule has 0 N–H and O–H groups in total. The van der Waals surface area contributed by atoms with Crippen LogP contribution >= 0.6 is 0 Å². The Labute approximate surface area is 197 Å². The van der Waals surface area contributed by atoms with Gasteiger partial charge in [-0.1, -0.05) is 13.8 Å². The van der Waals surface area contributed by atoms with E-state index < -0.39 is 0 Å². The summed E-state index contributed by atoms with van der Waals surface area (Å²) in [5, 5.41) is 18.3. The fourth-order valence-corrected chi connectivity index (χ4v) is 4.41. The molecule has 1 saturated heterocycles. The summed E-state index contributed by atoms with van der Waals surface area (Å²) in [6.45, 7) is 6.80. The van der Waals surface area contributed by atoms with Crippen LogP contribution in [0.2, 0.25) is 0 Å². The second-order valence-electron chi connectivity index (χ2n) is 8.88. The summed E-state index contributed by atoms with van der Waals surface area (Å²) in [5.74, 6) is 1.11. The van der Waals surface area contributed by atoms with Gasteiger partial charge >= 0.3 is 0 Å². The zero-order valence-electron chi connectivity index (χ0n) is 19.5. The van der Waals surface area contributed by atoms with Gasteiger partial charge in [0.05, 0.1) is 23.5 Å². The molecule has 4 aromatic rings. The molecule has 1 fully saturated rings. The van der Waals surface area contributed by atoms with Crippen molar-refractivity contribution >= 4 is 17.2 Å². The third kappa shape index (κ3) is 3.88. The molecular weight excluding hydrogens is 428 g/mol. The van der Waals surface area contributed by atoms with Crippen LogP contribution in [0.1, 0.15) is 19.4 Å². The minimum absolute atomic E-state index is 0.0186. The lowest BCUT2D eigenvalue weighted by atomic mass is 10.0. The summed E-state index contributed by atoms with van der Waals surface area (Å²) in [7, 11) is 1.88. The van der Waals surface area contributed by atoms with Crippen molar-refractivity contribution in [2.45, 2.75) is 13.8 Å². The first kappa shape index (κ1) is 21.6. The second-order valence-corrected chi connectivity index (χ2v) is 8.88. The van der Waals surface area contributed by atoms with Gasteiger partial charge in [-0.05, 0) is 18.2 Å². The molecule has 0 aromatic carbocycles. The third-order valence-corrected chi connectivity index (χ3v) is 6.24. The maximum absolute atomic E-state index is 12.3. The molecule has 0 radical (unpaired) electrons. The van der Waals surface area contributed by atoms with Gasteiger partial charge in [0.2, 0.25) is 5.91 Å². The number of aryl methyl sites for hydroxylation is 1. The Hall–Kier alpha value is -4.19. The topological polar surface area (TPSA) is 95.4 Å². The lowest BCUT2D eigenvalue weighted by Crippen LogP contribution is -2.50. The predicted molar refractivity (Wildman–Crippen MR) is 129 cm³/mol. The van der Waals surface area contributed by atoms with Crippen molar-refractivity contribution in [1.29, 1.82) is 5.26 Å². The van der Waals surface area contributed by atoms with E-state index in [0.29, 0.717) is 18.7 Å². The van der Waals surface area contributed by atoms with Crippen molar-refractivity contribution in [3.63, 3.8) is 0 Å². The highest BCUT2D eigenvalue weighted by Crippen LogP contribution is 2.32. The molecule has 1 amide bonds. The quantitative estimate of drug-likeness (QED) is 0.470. The number of aromatic nitrogens is 5. The summed E-state index contributed by atoms with van der Waals surface area (Å²) in [6.07, 6.45) is 9.11. The number of hydrogen-bond acceptors (Lipinski definition) is 6. The molecule has 0 unspecified atom stereocenters. The number of pyridine rings is 2. The Morgan fingerprint density at radius 1 is 1.00 bits per heavy atom. The molecular formula is C25H26N8O. The first-order chi connectivity index (χ1) is 16.4. The molecule has 0 atom stereocenters. The first-order valence-electron chi connectivity index (χ1n) is 11.4. The average molecular weight is 455 g/mol. The first-order valence-corrected chi connectivity index (χ1v) is 11.4. The van der Waals surface area contributed by atoms with Crippen LogP contribution in [0.5, 0.6) is 0 Å². The molecule has 4 aromatic heterocycles. The van der Waals surface area contributed by atoms with Crippen LogP contribution in [-0.2, 0) is 11.8 Å². The summed E-state index contributed by atoms with van der Waals surface area (Å²) in [5.41, 5.74) is 5.00.